The van der Waals surface area contributed by atoms with E-state index < -0.39 is 5.97 Å². The van der Waals surface area contributed by atoms with Crippen molar-refractivity contribution in [3.05, 3.63) is 24.6 Å². The van der Waals surface area contributed by atoms with Crippen molar-refractivity contribution in [3.8, 4) is 0 Å². The molecule has 2 unspecified atom stereocenters. The third kappa shape index (κ3) is 13.4. The van der Waals surface area contributed by atoms with Crippen molar-refractivity contribution >= 4 is 11.8 Å². The molecule has 0 saturated carbocycles. The predicted molar refractivity (Wildman–Crippen MR) is 143 cm³/mol. The number of nitrogens with two attached hydrogens (primary N) is 1. The lowest BCUT2D eigenvalue weighted by molar-refractivity contribution is -0.808. The number of quaternary nitrogens is 1. The number of hydrogen-bond donors (Lipinski definition) is 1. The number of amidine groups is 1. The Kier molecular flexibility index (Phi) is 17.8. The zero-order chi connectivity index (χ0) is 24.9. The van der Waals surface area contributed by atoms with Gasteiger partial charge in [0, 0.05) is 13.3 Å². The molecule has 5 nitrogen and oxygen atoms in total. The number of nitrogens with zero attached hydrogens (tertiary/aromatic N) is 2. The van der Waals surface area contributed by atoms with E-state index in [2.05, 4.69) is 24.1 Å². The average Bonchev–Trinajstić information content (AvgIpc) is 3.20. The lowest BCUT2D eigenvalue weighted by atomic mass is 10.0. The van der Waals surface area contributed by atoms with Crippen LogP contribution >= 0.6 is 0 Å². The van der Waals surface area contributed by atoms with E-state index >= 15 is 0 Å². The Bertz CT molecular complexity index is 612. The van der Waals surface area contributed by atoms with Gasteiger partial charge in [0.2, 0.25) is 5.84 Å². The molecule has 2 atom stereocenters. The van der Waals surface area contributed by atoms with E-state index in [1.165, 1.54) is 103 Å². The van der Waals surface area contributed by atoms with Gasteiger partial charge in [-0.3, -0.25) is 5.73 Å². The number of rotatable bonds is 23. The van der Waals surface area contributed by atoms with Crippen LogP contribution in [0.2, 0.25) is 0 Å². The van der Waals surface area contributed by atoms with Crippen molar-refractivity contribution in [3.63, 3.8) is 0 Å². The summed E-state index contributed by atoms with van der Waals surface area (Å²) in [5.74, 6) is -0.290. The molecule has 0 aromatic heterocycles. The topological polar surface area (TPSA) is 78.5 Å². The maximum Gasteiger partial charge on any atom is 0.209 e. The van der Waals surface area contributed by atoms with E-state index in [9.17, 15) is 9.90 Å². The molecule has 0 aliphatic carbocycles. The van der Waals surface area contributed by atoms with Crippen LogP contribution in [0.4, 0.5) is 0 Å². The van der Waals surface area contributed by atoms with Gasteiger partial charge in [-0.1, -0.05) is 115 Å². The smallest absolute Gasteiger partial charge is 0.209 e. The summed E-state index contributed by atoms with van der Waals surface area (Å²) in [5, 5.41) is 11.2. The molecular weight excluding hydrogens is 422 g/mol. The van der Waals surface area contributed by atoms with E-state index in [0.717, 1.165) is 25.1 Å². The number of allylic oxidation sites excluding steroid dienone is 2. The number of carbonyl (C=O) groups excluding carboxylic acids is 1. The fraction of sp³-hybridized carbons (Fsp3) is 0.793. The summed E-state index contributed by atoms with van der Waals surface area (Å²) >= 11 is 0. The lowest BCUT2D eigenvalue weighted by Gasteiger charge is -2.36. The fourth-order valence-corrected chi connectivity index (χ4v) is 4.84. The summed E-state index contributed by atoms with van der Waals surface area (Å²) in [4.78, 5) is 15.6. The second kappa shape index (κ2) is 19.8. The summed E-state index contributed by atoms with van der Waals surface area (Å²) < 4.78 is 0.0787. The van der Waals surface area contributed by atoms with Crippen LogP contribution in [0.5, 0.6) is 0 Å². The van der Waals surface area contributed by atoms with Crippen molar-refractivity contribution in [2.45, 2.75) is 142 Å². The Morgan fingerprint density at radius 2 is 1.35 bits per heavy atom. The van der Waals surface area contributed by atoms with Crippen LogP contribution < -0.4 is 10.8 Å². The zero-order valence-electron chi connectivity index (χ0n) is 22.3. The second-order valence-corrected chi connectivity index (χ2v) is 10.1. The van der Waals surface area contributed by atoms with Gasteiger partial charge in [-0.15, -0.1) is 0 Å². The summed E-state index contributed by atoms with van der Waals surface area (Å²) in [6.45, 7) is 3.95. The summed E-state index contributed by atoms with van der Waals surface area (Å²) in [5.41, 5.74) is 6.08. The molecule has 5 heteroatoms. The molecule has 196 valence electrons. The molecule has 1 heterocycles. The van der Waals surface area contributed by atoms with E-state index in [1.807, 2.05) is 6.92 Å². The van der Waals surface area contributed by atoms with E-state index in [-0.39, 0.29) is 17.2 Å². The number of carboxylic acid groups (broad SMARTS) is 1. The minimum Gasteiger partial charge on any atom is -0.544 e. The second-order valence-electron chi connectivity index (χ2n) is 10.1. The quantitative estimate of drug-likeness (QED) is 0.101. The highest BCUT2D eigenvalue weighted by atomic mass is 16.4. The molecule has 0 saturated heterocycles. The Balaban J connectivity index is 1.93. The first-order chi connectivity index (χ1) is 16.5. The van der Waals surface area contributed by atoms with E-state index in [0.29, 0.717) is 0 Å². The van der Waals surface area contributed by atoms with Crippen molar-refractivity contribution < 1.29 is 14.4 Å². The van der Waals surface area contributed by atoms with Gasteiger partial charge in [-0.2, -0.15) is 0 Å². The molecule has 34 heavy (non-hydrogen) atoms. The average molecular weight is 476 g/mol. The third-order valence-corrected chi connectivity index (χ3v) is 7.08. The van der Waals surface area contributed by atoms with Gasteiger partial charge >= 0.3 is 0 Å². The molecule has 1 aliphatic heterocycles. The van der Waals surface area contributed by atoms with Gasteiger partial charge in [-0.25, -0.2) is 9.48 Å². The molecular formula is C29H53N3O2. The van der Waals surface area contributed by atoms with E-state index in [1.54, 1.807) is 12.4 Å². The van der Waals surface area contributed by atoms with Crippen molar-refractivity contribution in [1.29, 1.82) is 0 Å². The van der Waals surface area contributed by atoms with Gasteiger partial charge in [0.25, 0.3) is 0 Å². The first-order valence-corrected chi connectivity index (χ1v) is 14.3. The van der Waals surface area contributed by atoms with Crippen LogP contribution in [-0.4, -0.2) is 29.0 Å². The van der Waals surface area contributed by atoms with Crippen LogP contribution in [0.15, 0.2) is 29.5 Å². The number of hydrogen-bond acceptors (Lipinski definition) is 4. The highest BCUT2D eigenvalue weighted by molar-refractivity contribution is 5.81. The van der Waals surface area contributed by atoms with Crippen LogP contribution in [0.25, 0.3) is 0 Å². The normalized spacial score (nSPS) is 18.6. The molecule has 1 aliphatic rings. The Morgan fingerprint density at radius 1 is 0.882 bits per heavy atom. The summed E-state index contributed by atoms with van der Waals surface area (Å²) in [7, 11) is 0. The van der Waals surface area contributed by atoms with E-state index in [4.69, 9.17) is 5.73 Å². The van der Waals surface area contributed by atoms with Crippen LogP contribution in [-0.2, 0) is 4.79 Å². The highest BCUT2D eigenvalue weighted by Gasteiger charge is 2.38. The first-order valence-electron chi connectivity index (χ1n) is 14.3. The Morgan fingerprint density at radius 3 is 1.82 bits per heavy atom. The van der Waals surface area contributed by atoms with Gasteiger partial charge < -0.3 is 9.90 Å². The largest absolute Gasteiger partial charge is 0.544 e. The van der Waals surface area contributed by atoms with Crippen molar-refractivity contribution in [2.24, 2.45) is 10.7 Å². The maximum atomic E-state index is 11.2. The minimum absolute atomic E-state index is 0.0787. The first kappa shape index (κ1) is 30.6. The summed E-state index contributed by atoms with van der Waals surface area (Å²) in [6.07, 6.45) is 32.6. The predicted octanol–water partition coefficient (Wildman–Crippen LogP) is 6.73. The molecule has 0 aromatic rings. The molecule has 2 N–H and O–H groups in total. The van der Waals surface area contributed by atoms with Crippen molar-refractivity contribution in [2.75, 3.05) is 6.54 Å². The van der Waals surface area contributed by atoms with Gasteiger partial charge in [0.05, 0.1) is 12.2 Å². The molecule has 0 amide bonds. The van der Waals surface area contributed by atoms with Gasteiger partial charge in [0.15, 0.2) is 0 Å². The molecule has 0 aromatic carbocycles. The SMILES string of the molecule is CCCCCCCCCCCCCCCCCC/C=C/CCC1=NC=C[N+]1(CC(=O)[O-])C(C)N. The monoisotopic (exact) mass is 475 g/mol. The van der Waals surface area contributed by atoms with Crippen LogP contribution in [0, 0.1) is 0 Å². The standard InChI is InChI=1S/C29H53N3O2/c1-3-4-5-6-7-8-9-10-11-12-13-14-15-16-17-18-19-20-21-22-23-28-31-24-25-32(28,27(2)30)26-29(33)34/h20-21,24-25,27H,3-19,22-23,26,30H2,1-2H3/b21-20+. The zero-order valence-corrected chi connectivity index (χ0v) is 22.3. The van der Waals surface area contributed by atoms with Crippen LogP contribution in [0.3, 0.4) is 0 Å². The van der Waals surface area contributed by atoms with Crippen LogP contribution in [0.1, 0.15) is 136 Å². The number of carboxylic acids is 1. The minimum atomic E-state index is -1.10. The number of unbranched alkanes of at least 4 members (excludes halogenated alkanes) is 16. The molecule has 0 bridgehead atoms. The molecule has 0 radical (unpaired) electrons. The lowest BCUT2D eigenvalue weighted by Crippen LogP contribution is -2.60. The van der Waals surface area contributed by atoms with Gasteiger partial charge in [0.1, 0.15) is 18.9 Å². The number of carbonyl (C=O) groups is 1. The third-order valence-electron chi connectivity index (χ3n) is 7.08. The maximum absolute atomic E-state index is 11.2. The summed E-state index contributed by atoms with van der Waals surface area (Å²) in [6, 6.07) is 0. The van der Waals surface area contributed by atoms with Gasteiger partial charge in [-0.05, 0) is 19.3 Å². The number of aliphatic imine (C=N–C) groups is 1. The molecule has 0 fully saturated rings. The fourth-order valence-electron chi connectivity index (χ4n) is 4.84. The number of aliphatic carboxylic acids is 1. The molecule has 1 rings (SSSR count). The Hall–Kier alpha value is -1.46. The molecule has 0 spiro atoms. The Labute approximate surface area is 210 Å². The highest BCUT2D eigenvalue weighted by Crippen LogP contribution is 2.22. The van der Waals surface area contributed by atoms with Crippen molar-refractivity contribution in [1.82, 2.24) is 0 Å².